The molecule has 19 heavy (non-hydrogen) atoms. The zero-order valence-electron chi connectivity index (χ0n) is 12.2. The highest BCUT2D eigenvalue weighted by Crippen LogP contribution is 2.30. The Bertz CT molecular complexity index is 372. The van der Waals surface area contributed by atoms with E-state index in [0.29, 0.717) is 18.6 Å². The van der Waals surface area contributed by atoms with Gasteiger partial charge in [0.05, 0.1) is 5.60 Å². The Morgan fingerprint density at radius 3 is 2.79 bits per heavy atom. The van der Waals surface area contributed by atoms with Crippen LogP contribution in [0, 0.1) is 0 Å². The average Bonchev–Trinajstić information content (AvgIpc) is 3.05. The van der Waals surface area contributed by atoms with Crippen molar-refractivity contribution in [1.29, 1.82) is 0 Å². The van der Waals surface area contributed by atoms with Crippen molar-refractivity contribution < 1.29 is 5.11 Å². The molecular formula is C15H26N2OS. The Balaban J connectivity index is 1.88. The molecule has 1 fully saturated rings. The lowest BCUT2D eigenvalue weighted by Gasteiger charge is -2.32. The molecule has 1 atom stereocenters. The predicted octanol–water partition coefficient (Wildman–Crippen LogP) is 2.46. The number of hydrogen-bond acceptors (Lipinski definition) is 4. The van der Waals surface area contributed by atoms with Crippen LogP contribution in [0.5, 0.6) is 0 Å². The molecule has 1 saturated carbocycles. The SMILES string of the molecule is CC(C)NCC(C)(O)CN(Cc1ccsc1)C1CC1. The van der Waals surface area contributed by atoms with Crippen molar-refractivity contribution >= 4 is 11.3 Å². The highest BCUT2D eigenvalue weighted by atomic mass is 32.1. The van der Waals surface area contributed by atoms with Gasteiger partial charge in [0, 0.05) is 31.7 Å². The molecule has 0 bridgehead atoms. The third-order valence-electron chi connectivity index (χ3n) is 3.46. The molecule has 0 spiro atoms. The first kappa shape index (κ1) is 15.0. The fraction of sp³-hybridized carbons (Fsp3) is 0.733. The molecule has 1 aliphatic rings. The lowest BCUT2D eigenvalue weighted by molar-refractivity contribution is 0.0135. The van der Waals surface area contributed by atoms with Gasteiger partial charge < -0.3 is 10.4 Å². The largest absolute Gasteiger partial charge is 0.388 e. The van der Waals surface area contributed by atoms with Crippen molar-refractivity contribution in [3.8, 4) is 0 Å². The van der Waals surface area contributed by atoms with Crippen LogP contribution in [0.25, 0.3) is 0 Å². The molecule has 0 aromatic carbocycles. The summed E-state index contributed by atoms with van der Waals surface area (Å²) in [6.07, 6.45) is 2.55. The molecule has 0 aliphatic heterocycles. The minimum Gasteiger partial charge on any atom is -0.388 e. The fourth-order valence-corrected chi connectivity index (χ4v) is 2.95. The van der Waals surface area contributed by atoms with E-state index in [1.165, 1.54) is 18.4 Å². The van der Waals surface area contributed by atoms with Gasteiger partial charge in [-0.3, -0.25) is 4.90 Å². The van der Waals surface area contributed by atoms with Gasteiger partial charge >= 0.3 is 0 Å². The van der Waals surface area contributed by atoms with Gasteiger partial charge in [-0.2, -0.15) is 11.3 Å². The fourth-order valence-electron chi connectivity index (χ4n) is 2.29. The topological polar surface area (TPSA) is 35.5 Å². The maximum absolute atomic E-state index is 10.5. The molecule has 1 aromatic heterocycles. The molecule has 1 aliphatic carbocycles. The minimum atomic E-state index is -0.664. The van der Waals surface area contributed by atoms with Crippen LogP contribution in [0.4, 0.5) is 0 Å². The van der Waals surface area contributed by atoms with Crippen molar-refractivity contribution in [2.45, 2.75) is 57.8 Å². The van der Waals surface area contributed by atoms with Gasteiger partial charge in [0.2, 0.25) is 0 Å². The minimum absolute atomic E-state index is 0.415. The van der Waals surface area contributed by atoms with Crippen LogP contribution in [-0.2, 0) is 6.54 Å². The van der Waals surface area contributed by atoms with Crippen molar-refractivity contribution in [3.05, 3.63) is 22.4 Å². The maximum Gasteiger partial charge on any atom is 0.0870 e. The summed E-state index contributed by atoms with van der Waals surface area (Å²) in [6.45, 7) is 8.52. The van der Waals surface area contributed by atoms with E-state index in [9.17, 15) is 5.11 Å². The zero-order valence-corrected chi connectivity index (χ0v) is 13.0. The molecule has 1 aromatic rings. The predicted molar refractivity (Wildman–Crippen MR) is 81.5 cm³/mol. The van der Waals surface area contributed by atoms with Gasteiger partial charge in [-0.1, -0.05) is 13.8 Å². The number of thiophene rings is 1. The van der Waals surface area contributed by atoms with Crippen molar-refractivity contribution in [3.63, 3.8) is 0 Å². The normalized spacial score (nSPS) is 19.1. The van der Waals surface area contributed by atoms with Gasteiger partial charge in [-0.15, -0.1) is 0 Å². The van der Waals surface area contributed by atoms with Crippen LogP contribution in [0.3, 0.4) is 0 Å². The Hall–Kier alpha value is -0.420. The summed E-state index contributed by atoms with van der Waals surface area (Å²) in [5.74, 6) is 0. The summed E-state index contributed by atoms with van der Waals surface area (Å²) in [5.41, 5.74) is 0.701. The lowest BCUT2D eigenvalue weighted by Crippen LogP contribution is -2.49. The standard InChI is InChI=1S/C15H26N2OS/c1-12(2)16-10-15(3,18)11-17(14-4-5-14)8-13-6-7-19-9-13/h6-7,9,12,14,16,18H,4-5,8,10-11H2,1-3H3. The zero-order chi connectivity index (χ0) is 13.9. The maximum atomic E-state index is 10.5. The highest BCUT2D eigenvalue weighted by molar-refractivity contribution is 7.07. The number of aliphatic hydroxyl groups is 1. The Labute approximate surface area is 120 Å². The second kappa shape index (κ2) is 6.35. The average molecular weight is 282 g/mol. The van der Waals surface area contributed by atoms with Crippen molar-refractivity contribution in [2.75, 3.05) is 13.1 Å². The van der Waals surface area contributed by atoms with Crippen LogP contribution in [0.15, 0.2) is 16.8 Å². The first-order valence-corrected chi connectivity index (χ1v) is 8.11. The Morgan fingerprint density at radius 2 is 2.26 bits per heavy atom. The first-order chi connectivity index (χ1) is 8.96. The van der Waals surface area contributed by atoms with E-state index in [-0.39, 0.29) is 0 Å². The van der Waals surface area contributed by atoms with Crippen LogP contribution in [-0.4, -0.2) is 40.8 Å². The van der Waals surface area contributed by atoms with Crippen LogP contribution < -0.4 is 5.32 Å². The molecule has 1 unspecified atom stereocenters. The van der Waals surface area contributed by atoms with Crippen LogP contribution in [0.1, 0.15) is 39.2 Å². The van der Waals surface area contributed by atoms with E-state index in [1.54, 1.807) is 11.3 Å². The number of hydrogen-bond donors (Lipinski definition) is 2. The second-order valence-electron chi connectivity index (χ2n) is 6.30. The smallest absolute Gasteiger partial charge is 0.0870 e. The molecule has 4 heteroatoms. The number of rotatable bonds is 8. The quantitative estimate of drug-likeness (QED) is 0.769. The summed E-state index contributed by atoms with van der Waals surface area (Å²) in [6, 6.07) is 3.27. The number of nitrogens with one attached hydrogen (secondary N) is 1. The molecule has 0 amide bonds. The van der Waals surface area contributed by atoms with Crippen LogP contribution in [0.2, 0.25) is 0 Å². The molecule has 3 nitrogen and oxygen atoms in total. The molecule has 2 N–H and O–H groups in total. The first-order valence-electron chi connectivity index (χ1n) is 7.17. The summed E-state index contributed by atoms with van der Waals surface area (Å²) in [5, 5.41) is 18.2. The third kappa shape index (κ3) is 5.22. The van der Waals surface area contributed by atoms with Crippen molar-refractivity contribution in [2.24, 2.45) is 0 Å². The van der Waals surface area contributed by atoms with Crippen molar-refractivity contribution in [1.82, 2.24) is 10.2 Å². The number of nitrogens with zero attached hydrogens (tertiary/aromatic N) is 1. The summed E-state index contributed by atoms with van der Waals surface area (Å²) in [4.78, 5) is 2.43. The molecule has 0 saturated heterocycles. The second-order valence-corrected chi connectivity index (χ2v) is 7.08. The van der Waals surface area contributed by atoms with Gasteiger partial charge in [0.1, 0.15) is 0 Å². The Kier molecular flexibility index (Phi) is 5.01. The molecular weight excluding hydrogens is 256 g/mol. The monoisotopic (exact) mass is 282 g/mol. The van der Waals surface area contributed by atoms with E-state index in [0.717, 1.165) is 13.1 Å². The Morgan fingerprint density at radius 1 is 1.53 bits per heavy atom. The molecule has 1 heterocycles. The summed E-state index contributed by atoms with van der Waals surface area (Å²) in [7, 11) is 0. The van der Waals surface area contributed by atoms with Gasteiger partial charge in [0.25, 0.3) is 0 Å². The lowest BCUT2D eigenvalue weighted by atomic mass is 10.1. The van der Waals surface area contributed by atoms with E-state index >= 15 is 0 Å². The summed E-state index contributed by atoms with van der Waals surface area (Å²) >= 11 is 1.74. The van der Waals surface area contributed by atoms with Gasteiger partial charge in [-0.25, -0.2) is 0 Å². The van der Waals surface area contributed by atoms with Gasteiger partial charge in [0.15, 0.2) is 0 Å². The molecule has 108 valence electrons. The third-order valence-corrected chi connectivity index (χ3v) is 4.20. The van der Waals surface area contributed by atoms with Crippen LogP contribution >= 0.6 is 11.3 Å². The van der Waals surface area contributed by atoms with E-state index in [1.807, 2.05) is 6.92 Å². The molecule has 0 radical (unpaired) electrons. The van der Waals surface area contributed by atoms with E-state index in [2.05, 4.69) is 40.9 Å². The highest BCUT2D eigenvalue weighted by Gasteiger charge is 2.34. The summed E-state index contributed by atoms with van der Waals surface area (Å²) < 4.78 is 0. The van der Waals surface area contributed by atoms with E-state index < -0.39 is 5.60 Å². The molecule has 2 rings (SSSR count). The van der Waals surface area contributed by atoms with Gasteiger partial charge in [-0.05, 0) is 42.2 Å². The van der Waals surface area contributed by atoms with E-state index in [4.69, 9.17) is 0 Å².